The molecule has 1 aromatic heterocycles. The van der Waals surface area contributed by atoms with Gasteiger partial charge in [0.05, 0.1) is 12.7 Å². The fourth-order valence-corrected chi connectivity index (χ4v) is 2.25. The van der Waals surface area contributed by atoms with Gasteiger partial charge in [-0.2, -0.15) is 5.10 Å². The highest BCUT2D eigenvalue weighted by molar-refractivity contribution is 5.81. The van der Waals surface area contributed by atoms with Gasteiger partial charge in [-0.25, -0.2) is 0 Å². The molecular formula is C15H21N3O. The molecule has 2 rings (SSSR count). The van der Waals surface area contributed by atoms with Crippen LogP contribution < -0.4 is 10.5 Å². The molecule has 19 heavy (non-hydrogen) atoms. The lowest BCUT2D eigenvalue weighted by molar-refractivity contribution is 0.416. The van der Waals surface area contributed by atoms with Crippen LogP contribution in [0.1, 0.15) is 31.0 Å². The van der Waals surface area contributed by atoms with Crippen LogP contribution in [0.2, 0.25) is 0 Å². The van der Waals surface area contributed by atoms with Crippen molar-refractivity contribution in [3.05, 3.63) is 29.5 Å². The Morgan fingerprint density at radius 3 is 2.47 bits per heavy atom. The summed E-state index contributed by atoms with van der Waals surface area (Å²) in [6.07, 6.45) is 0. The molecule has 0 radical (unpaired) electrons. The summed E-state index contributed by atoms with van der Waals surface area (Å²) in [5, 5.41) is 4.28. The predicted molar refractivity (Wildman–Crippen MR) is 78.4 cm³/mol. The van der Waals surface area contributed by atoms with Crippen molar-refractivity contribution in [1.29, 1.82) is 0 Å². The van der Waals surface area contributed by atoms with Crippen LogP contribution in [0.3, 0.4) is 0 Å². The highest BCUT2D eigenvalue weighted by atomic mass is 16.5. The first-order valence-corrected chi connectivity index (χ1v) is 6.43. The molecule has 102 valence electrons. The first-order chi connectivity index (χ1) is 8.95. The van der Waals surface area contributed by atoms with E-state index in [9.17, 15) is 0 Å². The summed E-state index contributed by atoms with van der Waals surface area (Å²) >= 11 is 0. The Kier molecular flexibility index (Phi) is 3.51. The fourth-order valence-electron chi connectivity index (χ4n) is 2.25. The molecule has 4 nitrogen and oxygen atoms in total. The molecular weight excluding hydrogens is 238 g/mol. The molecule has 2 N–H and O–H groups in total. The molecule has 0 bridgehead atoms. The van der Waals surface area contributed by atoms with Crippen LogP contribution in [0, 0.1) is 6.92 Å². The number of benzene rings is 1. The van der Waals surface area contributed by atoms with Crippen LogP contribution >= 0.6 is 0 Å². The van der Waals surface area contributed by atoms with E-state index in [1.54, 1.807) is 11.8 Å². The number of rotatable bonds is 3. The maximum Gasteiger partial charge on any atom is 0.153 e. The molecule has 0 amide bonds. The summed E-state index contributed by atoms with van der Waals surface area (Å²) in [6.45, 7) is 6.36. The molecule has 0 aliphatic rings. The van der Waals surface area contributed by atoms with E-state index >= 15 is 0 Å². The van der Waals surface area contributed by atoms with Crippen LogP contribution in [0.4, 0.5) is 5.82 Å². The van der Waals surface area contributed by atoms with E-state index in [1.807, 2.05) is 20.0 Å². The minimum absolute atomic E-state index is 0.461. The van der Waals surface area contributed by atoms with Gasteiger partial charge in [0.2, 0.25) is 0 Å². The maximum atomic E-state index is 6.04. The molecule has 0 unspecified atom stereocenters. The number of hydrogen-bond acceptors (Lipinski definition) is 3. The number of anilines is 1. The van der Waals surface area contributed by atoms with E-state index < -0.39 is 0 Å². The van der Waals surface area contributed by atoms with Crippen molar-refractivity contribution in [3.8, 4) is 16.9 Å². The zero-order valence-corrected chi connectivity index (χ0v) is 12.2. The lowest BCUT2D eigenvalue weighted by atomic mass is 9.96. The molecule has 0 fully saturated rings. The lowest BCUT2D eigenvalue weighted by Gasteiger charge is -2.13. The largest absolute Gasteiger partial charge is 0.496 e. The Bertz CT molecular complexity index is 600. The average Bonchev–Trinajstić information content (AvgIpc) is 2.62. The third-order valence-corrected chi connectivity index (χ3v) is 3.52. The first-order valence-electron chi connectivity index (χ1n) is 6.43. The third kappa shape index (κ3) is 2.30. The van der Waals surface area contributed by atoms with E-state index in [1.165, 1.54) is 5.56 Å². The molecule has 0 saturated heterocycles. The topological polar surface area (TPSA) is 53.1 Å². The number of nitrogens with zero attached hydrogens (tertiary/aromatic N) is 2. The number of nitrogens with two attached hydrogens (primary N) is 1. The zero-order chi connectivity index (χ0) is 14.2. The van der Waals surface area contributed by atoms with Crippen LogP contribution in [0.15, 0.2) is 18.2 Å². The Labute approximate surface area is 114 Å². The number of aromatic nitrogens is 2. The van der Waals surface area contributed by atoms with Gasteiger partial charge in [0.1, 0.15) is 5.75 Å². The summed E-state index contributed by atoms with van der Waals surface area (Å²) in [6, 6.07) is 6.23. The standard InChI is InChI=1S/C15H21N3O/c1-9(2)11-6-7-13(19-5)12(8-11)14-10(3)18(4)17-15(14)16/h6-9H,1-5H3,(H2,16,17). The number of ether oxygens (including phenoxy) is 1. The Balaban J connectivity index is 2.68. The molecule has 2 aromatic rings. The summed E-state index contributed by atoms with van der Waals surface area (Å²) in [7, 11) is 3.57. The van der Waals surface area contributed by atoms with Gasteiger partial charge in [0.15, 0.2) is 5.82 Å². The molecule has 0 spiro atoms. The van der Waals surface area contributed by atoms with Gasteiger partial charge in [0, 0.05) is 18.3 Å². The van der Waals surface area contributed by atoms with E-state index in [0.29, 0.717) is 11.7 Å². The van der Waals surface area contributed by atoms with Crippen molar-refractivity contribution in [2.75, 3.05) is 12.8 Å². The summed E-state index contributed by atoms with van der Waals surface area (Å²) < 4.78 is 7.26. The summed E-state index contributed by atoms with van der Waals surface area (Å²) in [4.78, 5) is 0. The van der Waals surface area contributed by atoms with Crippen molar-refractivity contribution in [3.63, 3.8) is 0 Å². The number of aryl methyl sites for hydroxylation is 1. The van der Waals surface area contributed by atoms with E-state index in [2.05, 4.69) is 31.1 Å². The van der Waals surface area contributed by atoms with Gasteiger partial charge in [-0.05, 0) is 30.5 Å². The molecule has 0 aliphatic carbocycles. The summed E-state index contributed by atoms with van der Waals surface area (Å²) in [5.74, 6) is 1.83. The number of nitrogen functional groups attached to an aromatic ring is 1. The van der Waals surface area contributed by atoms with E-state index in [4.69, 9.17) is 10.5 Å². The lowest BCUT2D eigenvalue weighted by Crippen LogP contribution is -1.96. The van der Waals surface area contributed by atoms with Gasteiger partial charge in [0.25, 0.3) is 0 Å². The Morgan fingerprint density at radius 1 is 1.32 bits per heavy atom. The van der Waals surface area contributed by atoms with Crippen LogP contribution in [-0.2, 0) is 7.05 Å². The maximum absolute atomic E-state index is 6.04. The number of hydrogen-bond donors (Lipinski definition) is 1. The van der Waals surface area contributed by atoms with Crippen LogP contribution in [0.5, 0.6) is 5.75 Å². The van der Waals surface area contributed by atoms with Gasteiger partial charge in [-0.3, -0.25) is 4.68 Å². The predicted octanol–water partition coefficient (Wildman–Crippen LogP) is 3.11. The first kappa shape index (κ1) is 13.5. The molecule has 4 heteroatoms. The van der Waals surface area contributed by atoms with Crippen molar-refractivity contribution >= 4 is 5.82 Å². The van der Waals surface area contributed by atoms with Gasteiger partial charge in [-0.1, -0.05) is 19.9 Å². The number of methoxy groups -OCH3 is 1. The molecule has 1 aromatic carbocycles. The van der Waals surface area contributed by atoms with Crippen LogP contribution in [0.25, 0.3) is 11.1 Å². The summed E-state index contributed by atoms with van der Waals surface area (Å²) in [5.41, 5.74) is 10.3. The molecule has 0 aliphatic heterocycles. The second-order valence-electron chi connectivity index (χ2n) is 5.08. The van der Waals surface area contributed by atoms with Gasteiger partial charge >= 0.3 is 0 Å². The highest BCUT2D eigenvalue weighted by Crippen LogP contribution is 2.37. The highest BCUT2D eigenvalue weighted by Gasteiger charge is 2.17. The van der Waals surface area contributed by atoms with Crippen molar-refractivity contribution in [2.24, 2.45) is 7.05 Å². The Morgan fingerprint density at radius 2 is 2.00 bits per heavy atom. The van der Waals surface area contributed by atoms with Crippen molar-refractivity contribution in [2.45, 2.75) is 26.7 Å². The normalized spacial score (nSPS) is 11.1. The average molecular weight is 259 g/mol. The molecule has 0 saturated carbocycles. The SMILES string of the molecule is COc1ccc(C(C)C)cc1-c1c(N)nn(C)c1C. The quantitative estimate of drug-likeness (QED) is 0.921. The minimum atomic E-state index is 0.461. The molecule has 0 atom stereocenters. The molecule has 1 heterocycles. The van der Waals surface area contributed by atoms with Crippen LogP contribution in [-0.4, -0.2) is 16.9 Å². The van der Waals surface area contributed by atoms with Gasteiger partial charge in [-0.15, -0.1) is 0 Å². The minimum Gasteiger partial charge on any atom is -0.496 e. The van der Waals surface area contributed by atoms with E-state index in [0.717, 1.165) is 22.6 Å². The van der Waals surface area contributed by atoms with E-state index in [-0.39, 0.29) is 0 Å². The fraction of sp³-hybridized carbons (Fsp3) is 0.400. The van der Waals surface area contributed by atoms with Gasteiger partial charge < -0.3 is 10.5 Å². The second-order valence-corrected chi connectivity index (χ2v) is 5.08. The monoisotopic (exact) mass is 259 g/mol. The van der Waals surface area contributed by atoms with Crippen molar-refractivity contribution in [1.82, 2.24) is 9.78 Å². The zero-order valence-electron chi connectivity index (χ0n) is 12.2. The van der Waals surface area contributed by atoms with Crippen molar-refractivity contribution < 1.29 is 4.74 Å². The third-order valence-electron chi connectivity index (χ3n) is 3.52. The Hall–Kier alpha value is -1.97. The smallest absolute Gasteiger partial charge is 0.153 e. The second kappa shape index (κ2) is 4.96.